The van der Waals surface area contributed by atoms with E-state index in [1.54, 1.807) is 35.2 Å². The Balaban J connectivity index is 1.40. The van der Waals surface area contributed by atoms with E-state index in [1.807, 2.05) is 0 Å². The molecular formula is C22H17N3O5. The predicted molar refractivity (Wildman–Crippen MR) is 105 cm³/mol. The summed E-state index contributed by atoms with van der Waals surface area (Å²) in [7, 11) is 1.29. The monoisotopic (exact) mass is 403 g/mol. The van der Waals surface area contributed by atoms with Gasteiger partial charge in [0.1, 0.15) is 17.1 Å². The van der Waals surface area contributed by atoms with Crippen LogP contribution in [0.5, 0.6) is 5.75 Å². The highest BCUT2D eigenvalue weighted by molar-refractivity contribution is 6.10. The van der Waals surface area contributed by atoms with Gasteiger partial charge < -0.3 is 24.7 Å². The van der Waals surface area contributed by atoms with Crippen molar-refractivity contribution in [3.8, 4) is 5.75 Å². The van der Waals surface area contributed by atoms with Crippen molar-refractivity contribution in [3.63, 3.8) is 0 Å². The summed E-state index contributed by atoms with van der Waals surface area (Å²) in [4.78, 5) is 45.7. The Morgan fingerprint density at radius 1 is 1.20 bits per heavy atom. The molecule has 1 spiro atoms. The van der Waals surface area contributed by atoms with Crippen LogP contribution >= 0.6 is 0 Å². The highest BCUT2D eigenvalue weighted by Crippen LogP contribution is 2.66. The van der Waals surface area contributed by atoms with Gasteiger partial charge in [-0.05, 0) is 48.2 Å². The smallest absolute Gasteiger partial charge is 0.354 e. The number of allylic oxidation sites excluding steroid dienone is 2. The molecule has 3 aliphatic rings. The lowest BCUT2D eigenvalue weighted by molar-refractivity contribution is 0.0594. The van der Waals surface area contributed by atoms with Gasteiger partial charge in [0.05, 0.1) is 12.8 Å². The molecule has 0 unspecified atom stereocenters. The van der Waals surface area contributed by atoms with Crippen molar-refractivity contribution in [1.29, 1.82) is 0 Å². The van der Waals surface area contributed by atoms with E-state index in [-0.39, 0.29) is 29.1 Å². The SMILES string of the molecule is COC(=O)c1cc2c([nH]1)C(=O)C=C1N(C(=O)c3cc4cc(O)ccc4[nH]3)C[C@@H]3C[C@@]123. The Morgan fingerprint density at radius 2 is 2.03 bits per heavy atom. The molecule has 150 valence electrons. The standard InChI is InChI=1S/C22H17N3O5/c1-30-21(29)16-6-13-19(24-16)17(27)7-18-22(13)8-11(22)9-25(18)20(28)15-5-10-4-12(26)2-3-14(10)23-15/h2-7,11,23-24,26H,8-9H2,1H3/t11-,22-/m0/s1. The predicted octanol–water partition coefficient (Wildman–Crippen LogP) is 2.48. The van der Waals surface area contributed by atoms with Gasteiger partial charge in [-0.15, -0.1) is 0 Å². The number of hydrogen-bond donors (Lipinski definition) is 3. The number of ketones is 1. The van der Waals surface area contributed by atoms with Gasteiger partial charge in [-0.3, -0.25) is 9.59 Å². The summed E-state index contributed by atoms with van der Waals surface area (Å²) in [6.45, 7) is 0.511. The van der Waals surface area contributed by atoms with E-state index < -0.39 is 11.4 Å². The van der Waals surface area contributed by atoms with Crippen LogP contribution in [-0.4, -0.2) is 51.3 Å². The Kier molecular flexibility index (Phi) is 3.08. The molecule has 0 radical (unpaired) electrons. The number of amides is 1. The van der Waals surface area contributed by atoms with Gasteiger partial charge in [-0.2, -0.15) is 0 Å². The van der Waals surface area contributed by atoms with Gasteiger partial charge in [0.25, 0.3) is 5.91 Å². The molecule has 1 aromatic carbocycles. The fourth-order valence-corrected chi connectivity index (χ4v) is 5.09. The Morgan fingerprint density at radius 3 is 2.83 bits per heavy atom. The number of aromatic amines is 2. The van der Waals surface area contributed by atoms with Crippen LogP contribution in [-0.2, 0) is 10.2 Å². The first kappa shape index (κ1) is 17.1. The molecule has 2 aromatic heterocycles. The summed E-state index contributed by atoms with van der Waals surface area (Å²) in [6.07, 6.45) is 2.35. The van der Waals surface area contributed by atoms with E-state index >= 15 is 0 Å². The van der Waals surface area contributed by atoms with Crippen molar-refractivity contribution >= 4 is 28.6 Å². The molecule has 8 heteroatoms. The summed E-state index contributed by atoms with van der Waals surface area (Å²) < 4.78 is 4.78. The van der Waals surface area contributed by atoms with Crippen LogP contribution in [0.15, 0.2) is 42.1 Å². The number of hydrogen-bond acceptors (Lipinski definition) is 5. The maximum atomic E-state index is 13.3. The molecule has 2 aliphatic carbocycles. The molecule has 2 atom stereocenters. The Hall–Kier alpha value is -3.81. The van der Waals surface area contributed by atoms with Crippen LogP contribution in [0, 0.1) is 5.92 Å². The molecule has 1 aliphatic heterocycles. The molecule has 2 fully saturated rings. The minimum absolute atomic E-state index is 0.129. The number of carbonyl (C=O) groups is 3. The highest BCUT2D eigenvalue weighted by Gasteiger charge is 2.67. The van der Waals surface area contributed by atoms with Gasteiger partial charge >= 0.3 is 5.97 Å². The number of rotatable bonds is 2. The lowest BCUT2D eigenvalue weighted by atomic mass is 9.85. The number of likely N-dealkylation sites (tertiary alicyclic amines) is 1. The third kappa shape index (κ3) is 2.02. The van der Waals surface area contributed by atoms with E-state index in [1.165, 1.54) is 13.2 Å². The second kappa shape index (κ2) is 5.41. The number of aromatic nitrogens is 2. The van der Waals surface area contributed by atoms with Gasteiger partial charge in [-0.25, -0.2) is 4.79 Å². The number of phenols is 1. The number of H-pyrrole nitrogens is 2. The van der Waals surface area contributed by atoms with Crippen molar-refractivity contribution < 1.29 is 24.2 Å². The largest absolute Gasteiger partial charge is 0.508 e. The summed E-state index contributed by atoms with van der Waals surface area (Å²) in [5.74, 6) is -0.672. The first-order valence-corrected chi connectivity index (χ1v) is 9.64. The number of ether oxygens (including phenoxy) is 1. The molecule has 0 bridgehead atoms. The molecule has 8 nitrogen and oxygen atoms in total. The van der Waals surface area contributed by atoms with E-state index in [0.29, 0.717) is 23.6 Å². The molecule has 3 heterocycles. The maximum Gasteiger partial charge on any atom is 0.354 e. The first-order valence-electron chi connectivity index (χ1n) is 9.64. The number of aromatic hydroxyl groups is 1. The summed E-state index contributed by atoms with van der Waals surface area (Å²) >= 11 is 0. The number of carbonyl (C=O) groups excluding carboxylic acids is 3. The van der Waals surface area contributed by atoms with E-state index in [0.717, 1.165) is 22.9 Å². The minimum Gasteiger partial charge on any atom is -0.508 e. The molecule has 6 rings (SSSR count). The quantitative estimate of drug-likeness (QED) is 0.569. The van der Waals surface area contributed by atoms with Crippen LogP contribution in [0.2, 0.25) is 0 Å². The molecule has 1 saturated heterocycles. The number of fused-ring (bicyclic) bond motifs is 2. The normalized spacial score (nSPS) is 23.6. The lowest BCUT2D eigenvalue weighted by Crippen LogP contribution is -2.33. The molecule has 30 heavy (non-hydrogen) atoms. The van der Waals surface area contributed by atoms with Crippen molar-refractivity contribution in [2.45, 2.75) is 11.8 Å². The topological polar surface area (TPSA) is 115 Å². The second-order valence-electron chi connectivity index (χ2n) is 8.10. The number of phenolic OH excluding ortho intramolecular Hbond substituents is 1. The van der Waals surface area contributed by atoms with Crippen LogP contribution in [0.4, 0.5) is 0 Å². The van der Waals surface area contributed by atoms with Crippen molar-refractivity contribution in [2.24, 2.45) is 5.92 Å². The second-order valence-corrected chi connectivity index (χ2v) is 8.10. The van der Waals surface area contributed by atoms with Gasteiger partial charge in [0, 0.05) is 34.6 Å². The average Bonchev–Trinajstić information content (AvgIpc) is 3.08. The van der Waals surface area contributed by atoms with E-state index in [9.17, 15) is 19.5 Å². The number of nitrogens with one attached hydrogen (secondary N) is 2. The fourth-order valence-electron chi connectivity index (χ4n) is 5.09. The third-order valence-corrected chi connectivity index (χ3v) is 6.55. The summed E-state index contributed by atoms with van der Waals surface area (Å²) in [5, 5.41) is 10.4. The average molecular weight is 403 g/mol. The molecule has 1 amide bonds. The molecule has 1 saturated carbocycles. The van der Waals surface area contributed by atoms with Crippen molar-refractivity contribution in [3.05, 3.63) is 64.8 Å². The number of methoxy groups -OCH3 is 1. The zero-order valence-corrected chi connectivity index (χ0v) is 16.0. The van der Waals surface area contributed by atoms with Gasteiger partial charge in [-0.1, -0.05) is 0 Å². The lowest BCUT2D eigenvalue weighted by Gasteiger charge is -2.27. The zero-order chi connectivity index (χ0) is 20.8. The van der Waals surface area contributed by atoms with Crippen LogP contribution in [0.1, 0.15) is 43.4 Å². The minimum atomic E-state index is -0.528. The van der Waals surface area contributed by atoms with Crippen LogP contribution in [0.3, 0.4) is 0 Å². The zero-order valence-electron chi connectivity index (χ0n) is 16.0. The molecular weight excluding hydrogens is 386 g/mol. The third-order valence-electron chi connectivity index (χ3n) is 6.55. The summed E-state index contributed by atoms with van der Waals surface area (Å²) in [5.41, 5.74) is 2.84. The first-order chi connectivity index (χ1) is 14.4. The van der Waals surface area contributed by atoms with Gasteiger partial charge in [0.15, 0.2) is 0 Å². The Bertz CT molecular complexity index is 1330. The van der Waals surface area contributed by atoms with Crippen LogP contribution < -0.4 is 0 Å². The van der Waals surface area contributed by atoms with Crippen molar-refractivity contribution in [2.75, 3.05) is 13.7 Å². The number of benzene rings is 1. The van der Waals surface area contributed by atoms with Crippen LogP contribution in [0.25, 0.3) is 10.9 Å². The fraction of sp³-hybridized carbons (Fsp3) is 0.227. The molecule has 3 N–H and O–H groups in total. The maximum absolute atomic E-state index is 13.3. The Labute approximate surface area is 170 Å². The number of nitrogens with zero attached hydrogens (tertiary/aromatic N) is 1. The molecule has 3 aromatic rings. The van der Waals surface area contributed by atoms with E-state index in [2.05, 4.69) is 9.97 Å². The number of piperidine rings is 1. The summed E-state index contributed by atoms with van der Waals surface area (Å²) in [6, 6.07) is 8.26. The number of esters is 1. The van der Waals surface area contributed by atoms with Crippen molar-refractivity contribution in [1.82, 2.24) is 14.9 Å². The van der Waals surface area contributed by atoms with Gasteiger partial charge in [0.2, 0.25) is 5.78 Å². The highest BCUT2D eigenvalue weighted by atomic mass is 16.5. The van der Waals surface area contributed by atoms with E-state index in [4.69, 9.17) is 4.74 Å².